The third kappa shape index (κ3) is 4.06. The van der Waals surface area contributed by atoms with Crippen LogP contribution in [0.15, 0.2) is 41.8 Å². The summed E-state index contributed by atoms with van der Waals surface area (Å²) in [6, 6.07) is 5.63. The third-order valence-electron chi connectivity index (χ3n) is 2.90. The Morgan fingerprint density at radius 3 is 2.43 bits per heavy atom. The minimum absolute atomic E-state index is 0.219. The van der Waals surface area contributed by atoms with Crippen molar-refractivity contribution in [3.05, 3.63) is 47.4 Å². The van der Waals surface area contributed by atoms with Crippen molar-refractivity contribution in [1.82, 2.24) is 10.6 Å². The predicted molar refractivity (Wildman–Crippen MR) is 75.2 cm³/mol. The van der Waals surface area contributed by atoms with Gasteiger partial charge in [0.15, 0.2) is 15.9 Å². The Labute approximate surface area is 121 Å². The molecule has 0 aliphatic carbocycles. The van der Waals surface area contributed by atoms with Crippen molar-refractivity contribution in [3.8, 4) is 0 Å². The predicted octanol–water partition coefficient (Wildman–Crippen LogP) is 0.422. The van der Waals surface area contributed by atoms with Crippen molar-refractivity contribution in [2.45, 2.75) is 12.1 Å². The van der Waals surface area contributed by atoms with E-state index >= 15 is 0 Å². The van der Waals surface area contributed by atoms with E-state index < -0.39 is 33.9 Å². The van der Waals surface area contributed by atoms with E-state index in [9.17, 15) is 18.0 Å². The molecule has 2 amide bonds. The summed E-state index contributed by atoms with van der Waals surface area (Å²) >= 11 is 0. The van der Waals surface area contributed by atoms with E-state index in [0.717, 1.165) is 5.41 Å². The number of carboxylic acids is 1. The van der Waals surface area contributed by atoms with Gasteiger partial charge in [0.25, 0.3) is 0 Å². The first-order valence-corrected chi connectivity index (χ1v) is 7.85. The molecule has 0 bridgehead atoms. The van der Waals surface area contributed by atoms with Crippen molar-refractivity contribution in [2.75, 3.05) is 5.75 Å². The zero-order valence-corrected chi connectivity index (χ0v) is 11.7. The summed E-state index contributed by atoms with van der Waals surface area (Å²) in [4.78, 5) is 23.0. The molecule has 2 atom stereocenters. The minimum atomic E-state index is -3.28. The maximum atomic E-state index is 11.8. The number of sulfone groups is 1. The van der Waals surface area contributed by atoms with Crippen LogP contribution in [0.2, 0.25) is 0 Å². The molecule has 1 aromatic carbocycles. The molecule has 1 unspecified atom stereocenters. The Morgan fingerprint density at radius 2 is 1.90 bits per heavy atom. The monoisotopic (exact) mass is 310 g/mol. The number of carbonyl (C=O) groups is 2. The van der Waals surface area contributed by atoms with Gasteiger partial charge in [0.1, 0.15) is 0 Å². The molecular weight excluding hydrogens is 296 g/mol. The van der Waals surface area contributed by atoms with E-state index in [1.54, 1.807) is 30.3 Å². The Kier molecular flexibility index (Phi) is 4.27. The summed E-state index contributed by atoms with van der Waals surface area (Å²) < 4.78 is 22.4. The normalized spacial score (nSPS) is 20.7. The zero-order valence-electron chi connectivity index (χ0n) is 10.9. The lowest BCUT2D eigenvalue weighted by Crippen LogP contribution is -2.45. The van der Waals surface area contributed by atoms with Crippen molar-refractivity contribution in [2.24, 2.45) is 0 Å². The van der Waals surface area contributed by atoms with E-state index in [-0.39, 0.29) is 5.75 Å². The largest absolute Gasteiger partial charge is 0.479 e. The average Bonchev–Trinajstić information content (AvgIpc) is 2.76. The van der Waals surface area contributed by atoms with Crippen molar-refractivity contribution in [3.63, 3.8) is 0 Å². The van der Waals surface area contributed by atoms with Crippen molar-refractivity contribution >= 4 is 21.8 Å². The number of hydrogen-bond donors (Lipinski definition) is 3. The highest BCUT2D eigenvalue weighted by Crippen LogP contribution is 2.13. The lowest BCUT2D eigenvalue weighted by Gasteiger charge is -2.17. The maximum Gasteiger partial charge on any atom is 0.330 e. The molecule has 0 saturated carbocycles. The van der Waals surface area contributed by atoms with Crippen LogP contribution in [0.5, 0.6) is 0 Å². The summed E-state index contributed by atoms with van der Waals surface area (Å²) in [6.07, 6.45) is 1.35. The van der Waals surface area contributed by atoms with Gasteiger partial charge in [-0.25, -0.2) is 18.0 Å². The summed E-state index contributed by atoms with van der Waals surface area (Å²) in [7, 11) is -3.28. The van der Waals surface area contributed by atoms with Gasteiger partial charge in [0.05, 0.1) is 11.8 Å². The van der Waals surface area contributed by atoms with Crippen molar-refractivity contribution < 1.29 is 23.1 Å². The van der Waals surface area contributed by atoms with Crippen LogP contribution in [0, 0.1) is 0 Å². The fourth-order valence-corrected chi connectivity index (χ4v) is 3.18. The van der Waals surface area contributed by atoms with Crippen LogP contribution < -0.4 is 10.6 Å². The molecule has 0 aromatic heterocycles. The maximum absolute atomic E-state index is 11.8. The Bertz CT molecular complexity index is 669. The van der Waals surface area contributed by atoms with Gasteiger partial charge in [0.2, 0.25) is 0 Å². The van der Waals surface area contributed by atoms with Gasteiger partial charge in [-0.2, -0.15) is 0 Å². The topological polar surface area (TPSA) is 113 Å². The first-order valence-electron chi connectivity index (χ1n) is 6.13. The first-order chi connectivity index (χ1) is 9.87. The fraction of sp³-hybridized carbons (Fsp3) is 0.231. The smallest absolute Gasteiger partial charge is 0.330 e. The van der Waals surface area contributed by atoms with Gasteiger partial charge in [-0.15, -0.1) is 0 Å². The van der Waals surface area contributed by atoms with Gasteiger partial charge < -0.3 is 15.7 Å². The Balaban J connectivity index is 2.00. The molecule has 1 aliphatic heterocycles. The summed E-state index contributed by atoms with van der Waals surface area (Å²) in [5.74, 6) is -1.42. The van der Waals surface area contributed by atoms with Gasteiger partial charge in [-0.05, 0) is 11.6 Å². The molecule has 0 radical (unpaired) electrons. The highest BCUT2D eigenvalue weighted by Gasteiger charge is 2.26. The van der Waals surface area contributed by atoms with Crippen LogP contribution in [0.3, 0.4) is 0 Å². The molecule has 1 aromatic rings. The number of hydrogen-bond acceptors (Lipinski definition) is 4. The number of amides is 2. The quantitative estimate of drug-likeness (QED) is 0.746. The van der Waals surface area contributed by atoms with Gasteiger partial charge in [-0.3, -0.25) is 0 Å². The van der Waals surface area contributed by atoms with Crippen LogP contribution in [0.1, 0.15) is 11.6 Å². The second-order valence-corrected chi connectivity index (χ2v) is 6.50. The minimum Gasteiger partial charge on any atom is -0.479 e. The number of benzene rings is 1. The number of aliphatic carboxylic acids is 1. The number of rotatable bonds is 4. The van der Waals surface area contributed by atoms with E-state index in [1.807, 2.05) is 0 Å². The average molecular weight is 310 g/mol. The van der Waals surface area contributed by atoms with E-state index in [4.69, 9.17) is 5.11 Å². The molecule has 0 spiro atoms. The van der Waals surface area contributed by atoms with Crippen LogP contribution in [0.4, 0.5) is 4.79 Å². The van der Waals surface area contributed by atoms with Crippen LogP contribution in [-0.4, -0.2) is 37.3 Å². The van der Waals surface area contributed by atoms with E-state index in [0.29, 0.717) is 5.56 Å². The third-order valence-corrected chi connectivity index (χ3v) is 4.30. The lowest BCUT2D eigenvalue weighted by atomic mass is 10.1. The lowest BCUT2D eigenvalue weighted by molar-refractivity contribution is -0.139. The number of nitrogens with one attached hydrogen (secondary N) is 2. The molecule has 7 nitrogen and oxygen atoms in total. The molecule has 1 aliphatic rings. The molecule has 8 heteroatoms. The fourth-order valence-electron chi connectivity index (χ4n) is 1.94. The Hall–Kier alpha value is -2.35. The molecule has 3 N–H and O–H groups in total. The second-order valence-electron chi connectivity index (χ2n) is 4.56. The number of carbonyl (C=O) groups excluding carboxylic acids is 1. The highest BCUT2D eigenvalue weighted by atomic mass is 32.2. The number of urea groups is 1. The standard InChI is InChI=1S/C13H14N2O5S/c16-12(17)11(9-4-2-1-3-5-9)15-13(18)14-10-6-7-21(19,20)8-10/h1-7,10-11H,8H2,(H,16,17)(H2,14,15,18)/t10?,11-/m1/s1. The summed E-state index contributed by atoms with van der Waals surface area (Å²) in [5.41, 5.74) is 0.426. The molecule has 21 heavy (non-hydrogen) atoms. The van der Waals surface area contributed by atoms with E-state index in [2.05, 4.69) is 10.6 Å². The molecule has 1 heterocycles. The van der Waals surface area contributed by atoms with Gasteiger partial charge in [-0.1, -0.05) is 30.3 Å². The van der Waals surface area contributed by atoms with Crippen LogP contribution in [0.25, 0.3) is 0 Å². The number of carboxylic acid groups (broad SMARTS) is 1. The molecular formula is C13H14N2O5S. The van der Waals surface area contributed by atoms with Crippen LogP contribution >= 0.6 is 0 Å². The van der Waals surface area contributed by atoms with Gasteiger partial charge in [0, 0.05) is 5.41 Å². The van der Waals surface area contributed by atoms with E-state index in [1.165, 1.54) is 6.08 Å². The van der Waals surface area contributed by atoms with Crippen LogP contribution in [-0.2, 0) is 14.6 Å². The zero-order chi connectivity index (χ0) is 15.5. The molecule has 112 valence electrons. The molecule has 0 fully saturated rings. The second kappa shape index (κ2) is 5.96. The van der Waals surface area contributed by atoms with Gasteiger partial charge >= 0.3 is 12.0 Å². The molecule has 0 saturated heterocycles. The SMILES string of the molecule is O=C(NC1C=CS(=O)(=O)C1)N[C@@H](C(=O)O)c1ccccc1. The molecule has 2 rings (SSSR count). The van der Waals surface area contributed by atoms with Crippen molar-refractivity contribution in [1.29, 1.82) is 0 Å². The highest BCUT2D eigenvalue weighted by molar-refractivity contribution is 7.94. The summed E-state index contributed by atoms with van der Waals surface area (Å²) in [5, 5.41) is 14.9. The first kappa shape index (κ1) is 15.0. The Morgan fingerprint density at radius 1 is 1.24 bits per heavy atom. The summed E-state index contributed by atoms with van der Waals surface area (Å²) in [6.45, 7) is 0.